The third-order valence-electron chi connectivity index (χ3n) is 5.34. The van der Waals surface area contributed by atoms with Crippen LogP contribution >= 0.6 is 11.8 Å². The number of thioether (sulfide) groups is 1. The molecule has 5 atom stereocenters. The molecule has 2 aliphatic rings. The predicted molar refractivity (Wildman–Crippen MR) is 100 cm³/mol. The van der Waals surface area contributed by atoms with Gasteiger partial charge in [0.1, 0.15) is 12.3 Å². The van der Waals surface area contributed by atoms with Gasteiger partial charge < -0.3 is 15.2 Å². The summed E-state index contributed by atoms with van der Waals surface area (Å²) in [6.45, 7) is 6.46. The van der Waals surface area contributed by atoms with Crippen molar-refractivity contribution in [2.45, 2.75) is 57.8 Å². The highest BCUT2D eigenvalue weighted by Crippen LogP contribution is 2.37. The number of aromatic nitrogens is 2. The Labute approximate surface area is 161 Å². The summed E-state index contributed by atoms with van der Waals surface area (Å²) >= 11 is 1.23. The quantitative estimate of drug-likeness (QED) is 0.777. The summed E-state index contributed by atoms with van der Waals surface area (Å²) < 4.78 is 26.1. The van der Waals surface area contributed by atoms with E-state index >= 15 is 0 Å². The van der Waals surface area contributed by atoms with E-state index in [9.17, 15) is 14.0 Å². The van der Waals surface area contributed by atoms with Gasteiger partial charge in [-0.15, -0.1) is 11.8 Å². The number of halogens is 1. The van der Waals surface area contributed by atoms with Crippen molar-refractivity contribution in [2.24, 2.45) is 17.8 Å². The van der Waals surface area contributed by atoms with Crippen LogP contribution in [0.2, 0.25) is 0 Å². The molecular weight excluding hydrogens is 373 g/mol. The van der Waals surface area contributed by atoms with Crippen LogP contribution < -0.4 is 11.4 Å². The zero-order chi connectivity index (χ0) is 19.7. The summed E-state index contributed by atoms with van der Waals surface area (Å²) in [5, 5.41) is 0. The van der Waals surface area contributed by atoms with Crippen LogP contribution in [0.1, 0.15) is 46.3 Å². The average Bonchev–Trinajstić information content (AvgIpc) is 3.08. The second-order valence-corrected chi connectivity index (χ2v) is 8.82. The standard InChI is InChI=1S/C18H26FN3O4S/c1-9(2)11-5-4-10(3)6-13(11)25-16(23)17-26-14(8-27-17)22-7-12(19)15(20)21-18(22)24/h7,9-11,13-14,17H,4-6,8H2,1-3H3,(H2,20,21,24)/t10-,11+,13+,14+,17-/m1/s1. The number of carbonyl (C=O) groups excluding carboxylic acids is 1. The van der Waals surface area contributed by atoms with Crippen molar-refractivity contribution in [3.63, 3.8) is 0 Å². The smallest absolute Gasteiger partial charge is 0.351 e. The van der Waals surface area contributed by atoms with Gasteiger partial charge in [0, 0.05) is 5.75 Å². The molecule has 1 aromatic heterocycles. The number of carbonyl (C=O) groups is 1. The van der Waals surface area contributed by atoms with Crippen molar-refractivity contribution in [1.29, 1.82) is 0 Å². The second-order valence-electron chi connectivity index (χ2n) is 7.72. The molecular formula is C18H26FN3O4S. The number of ether oxygens (including phenoxy) is 2. The lowest BCUT2D eigenvalue weighted by molar-refractivity contribution is -0.166. The van der Waals surface area contributed by atoms with Crippen LogP contribution in [0, 0.1) is 23.6 Å². The first-order valence-electron chi connectivity index (χ1n) is 9.28. The molecule has 150 valence electrons. The van der Waals surface area contributed by atoms with Crippen molar-refractivity contribution >= 4 is 23.5 Å². The van der Waals surface area contributed by atoms with E-state index in [0.29, 0.717) is 23.5 Å². The van der Waals surface area contributed by atoms with E-state index in [1.807, 2.05) is 0 Å². The van der Waals surface area contributed by atoms with Crippen molar-refractivity contribution in [2.75, 3.05) is 11.5 Å². The van der Waals surface area contributed by atoms with Crippen molar-refractivity contribution in [3.05, 3.63) is 22.5 Å². The Morgan fingerprint density at radius 3 is 2.93 bits per heavy atom. The predicted octanol–water partition coefficient (Wildman–Crippen LogP) is 2.56. The van der Waals surface area contributed by atoms with Gasteiger partial charge in [0.15, 0.2) is 11.6 Å². The average molecular weight is 399 g/mol. The summed E-state index contributed by atoms with van der Waals surface area (Å²) in [4.78, 5) is 28.0. The van der Waals surface area contributed by atoms with Crippen LogP contribution in [-0.4, -0.2) is 32.8 Å². The lowest BCUT2D eigenvalue weighted by Gasteiger charge is -2.37. The third kappa shape index (κ3) is 4.45. The topological polar surface area (TPSA) is 96.4 Å². The highest BCUT2D eigenvalue weighted by molar-refractivity contribution is 8.00. The van der Waals surface area contributed by atoms with E-state index < -0.39 is 35.0 Å². The molecule has 2 fully saturated rings. The summed E-state index contributed by atoms with van der Waals surface area (Å²) in [7, 11) is 0. The van der Waals surface area contributed by atoms with Gasteiger partial charge in [0.05, 0.1) is 6.20 Å². The molecule has 9 heteroatoms. The van der Waals surface area contributed by atoms with Crippen molar-refractivity contribution in [1.82, 2.24) is 9.55 Å². The first kappa shape index (κ1) is 20.1. The molecule has 0 aromatic carbocycles. The molecule has 0 radical (unpaired) electrons. The van der Waals surface area contributed by atoms with Crippen LogP contribution in [0.3, 0.4) is 0 Å². The zero-order valence-electron chi connectivity index (χ0n) is 15.8. The lowest BCUT2D eigenvalue weighted by Crippen LogP contribution is -2.38. The number of hydrogen-bond acceptors (Lipinski definition) is 7. The Kier molecular flexibility index (Phi) is 6.10. The summed E-state index contributed by atoms with van der Waals surface area (Å²) in [5.74, 6) is -0.0872. The maximum Gasteiger partial charge on any atom is 0.351 e. The molecule has 7 nitrogen and oxygen atoms in total. The number of esters is 1. The largest absolute Gasteiger partial charge is 0.459 e. The van der Waals surface area contributed by atoms with Gasteiger partial charge in [0.25, 0.3) is 0 Å². The highest BCUT2D eigenvalue weighted by atomic mass is 32.2. The van der Waals surface area contributed by atoms with E-state index in [-0.39, 0.29) is 6.10 Å². The Morgan fingerprint density at radius 2 is 2.22 bits per heavy atom. The molecule has 0 spiro atoms. The van der Waals surface area contributed by atoms with Gasteiger partial charge in [-0.05, 0) is 30.6 Å². The third-order valence-corrected chi connectivity index (χ3v) is 6.42. The molecule has 1 aliphatic heterocycles. The Bertz CT molecular complexity index is 757. The van der Waals surface area contributed by atoms with Gasteiger partial charge in [-0.3, -0.25) is 4.57 Å². The first-order valence-corrected chi connectivity index (χ1v) is 10.3. The Hall–Kier alpha value is -1.61. The van der Waals surface area contributed by atoms with E-state index in [2.05, 4.69) is 25.8 Å². The SMILES string of the molecule is CC(C)[C@@H]1CC[C@@H](C)C[C@@H]1OC(=O)[C@@H]1O[C@H](n2cc(F)c(N)nc2=O)CS1. The minimum Gasteiger partial charge on any atom is -0.459 e. The molecule has 0 bridgehead atoms. The fraction of sp³-hybridized carbons (Fsp3) is 0.722. The number of nitrogens with zero attached hydrogens (tertiary/aromatic N) is 2. The summed E-state index contributed by atoms with van der Waals surface area (Å²) in [5.41, 5.74) is 3.74. The van der Waals surface area contributed by atoms with Crippen LogP contribution in [-0.2, 0) is 14.3 Å². The summed E-state index contributed by atoms with van der Waals surface area (Å²) in [6.07, 6.45) is 3.09. The molecule has 3 rings (SSSR count). The van der Waals surface area contributed by atoms with E-state index in [0.717, 1.165) is 30.0 Å². The minimum absolute atomic E-state index is 0.122. The molecule has 1 saturated carbocycles. The molecule has 0 amide bonds. The monoisotopic (exact) mass is 399 g/mol. The lowest BCUT2D eigenvalue weighted by atomic mass is 9.75. The number of rotatable bonds is 4. The normalized spacial score (nSPS) is 31.2. The second kappa shape index (κ2) is 8.18. The maximum atomic E-state index is 13.6. The fourth-order valence-electron chi connectivity index (χ4n) is 3.78. The van der Waals surface area contributed by atoms with Gasteiger partial charge >= 0.3 is 11.7 Å². The minimum atomic E-state index is -0.840. The number of nitrogens with two attached hydrogens (primary N) is 1. The number of hydrogen-bond donors (Lipinski definition) is 1. The highest BCUT2D eigenvalue weighted by Gasteiger charge is 2.39. The zero-order valence-corrected chi connectivity index (χ0v) is 16.6. The van der Waals surface area contributed by atoms with E-state index in [4.69, 9.17) is 15.2 Å². The molecule has 2 N–H and O–H groups in total. The maximum absolute atomic E-state index is 13.6. The van der Waals surface area contributed by atoms with Gasteiger partial charge in [-0.2, -0.15) is 4.98 Å². The van der Waals surface area contributed by atoms with Crippen molar-refractivity contribution in [3.8, 4) is 0 Å². The number of nitrogen functional groups attached to an aromatic ring is 1. The van der Waals surface area contributed by atoms with E-state index in [1.165, 1.54) is 11.8 Å². The Morgan fingerprint density at radius 1 is 1.48 bits per heavy atom. The van der Waals surface area contributed by atoms with Gasteiger partial charge in [0.2, 0.25) is 5.44 Å². The first-order chi connectivity index (χ1) is 12.8. The fourth-order valence-corrected chi connectivity index (χ4v) is 4.76. The molecule has 1 aliphatic carbocycles. The van der Waals surface area contributed by atoms with E-state index in [1.54, 1.807) is 0 Å². The van der Waals surface area contributed by atoms with Crippen LogP contribution in [0.15, 0.2) is 11.0 Å². The molecule has 27 heavy (non-hydrogen) atoms. The van der Waals surface area contributed by atoms with Crippen LogP contribution in [0.4, 0.5) is 10.2 Å². The van der Waals surface area contributed by atoms with Gasteiger partial charge in [-0.25, -0.2) is 14.0 Å². The Balaban J connectivity index is 1.65. The van der Waals surface area contributed by atoms with Crippen molar-refractivity contribution < 1.29 is 18.7 Å². The molecule has 1 aromatic rings. The van der Waals surface area contributed by atoms with Crippen LogP contribution in [0.25, 0.3) is 0 Å². The number of anilines is 1. The molecule has 2 heterocycles. The molecule has 0 unspecified atom stereocenters. The molecule has 1 saturated heterocycles. The van der Waals surface area contributed by atoms with Crippen LogP contribution in [0.5, 0.6) is 0 Å². The van der Waals surface area contributed by atoms with Gasteiger partial charge in [-0.1, -0.05) is 27.2 Å². The summed E-state index contributed by atoms with van der Waals surface area (Å²) in [6, 6.07) is 0.